The van der Waals surface area contributed by atoms with E-state index < -0.39 is 53.9 Å². The number of ketones is 3. The summed E-state index contributed by atoms with van der Waals surface area (Å²) < 4.78 is 0. The molecule has 0 spiro atoms. The highest BCUT2D eigenvalue weighted by Gasteiger charge is 2.42. The molecule has 0 saturated carbocycles. The number of carboxylic acids is 1. The highest BCUT2D eigenvalue weighted by molar-refractivity contribution is 6.44. The number of rotatable bonds is 9. The predicted octanol–water partition coefficient (Wildman–Crippen LogP) is 1.95. The van der Waals surface area contributed by atoms with E-state index >= 15 is 0 Å². The third-order valence-electron chi connectivity index (χ3n) is 7.01. The van der Waals surface area contributed by atoms with Crippen LogP contribution in [0.4, 0.5) is 0 Å². The number of aryl methyl sites for hydroxylation is 3. The second kappa shape index (κ2) is 12.1. The number of benzene rings is 1. The van der Waals surface area contributed by atoms with Gasteiger partial charge in [-0.1, -0.05) is 23.3 Å². The minimum absolute atomic E-state index is 0.0364. The fourth-order valence-electron chi connectivity index (χ4n) is 5.36. The number of amides is 2. The van der Waals surface area contributed by atoms with Crippen LogP contribution in [0.15, 0.2) is 23.8 Å². The van der Waals surface area contributed by atoms with Gasteiger partial charge in [0.1, 0.15) is 12.3 Å². The number of piperidine rings is 1. The zero-order valence-corrected chi connectivity index (χ0v) is 21.7. The maximum absolute atomic E-state index is 13.3. The minimum atomic E-state index is -1.27. The largest absolute Gasteiger partial charge is 0.481 e. The SMILES string of the molecule is Cc1cc(C)c(C(=O)C(=O)CC2=CC(=O)N3C(CCC[C@H]3C(=O)N[C@H](C=O)CC(=O)O)C(=O)CC2)c(C)c1. The average molecular weight is 525 g/mol. The van der Waals surface area contributed by atoms with Gasteiger partial charge in [-0.15, -0.1) is 0 Å². The van der Waals surface area contributed by atoms with Crippen molar-refractivity contribution in [2.24, 2.45) is 0 Å². The lowest BCUT2D eigenvalue weighted by Gasteiger charge is -2.41. The molecule has 0 bridgehead atoms. The lowest BCUT2D eigenvalue weighted by molar-refractivity contribution is -0.148. The van der Waals surface area contributed by atoms with Crippen molar-refractivity contribution in [3.05, 3.63) is 46.0 Å². The number of fused-ring (bicyclic) bond motifs is 1. The number of carboxylic acid groups (broad SMARTS) is 1. The zero-order valence-electron chi connectivity index (χ0n) is 21.7. The number of carbonyl (C=O) groups excluding carboxylic acids is 6. The lowest BCUT2D eigenvalue weighted by atomic mass is 9.87. The minimum Gasteiger partial charge on any atom is -0.481 e. The van der Waals surface area contributed by atoms with Crippen molar-refractivity contribution >= 4 is 41.4 Å². The van der Waals surface area contributed by atoms with Gasteiger partial charge in [0, 0.05) is 24.5 Å². The molecule has 3 atom stereocenters. The first kappa shape index (κ1) is 28.6. The molecule has 2 aliphatic heterocycles. The number of nitrogens with one attached hydrogen (secondary N) is 1. The number of aliphatic carboxylic acids is 1. The summed E-state index contributed by atoms with van der Waals surface area (Å²) in [5.74, 6) is -4.25. The standard InChI is InChI=1S/C28H32N2O8/c1-15-9-16(2)26(17(3)10-15)27(37)23(33)11-18-7-8-22(32)20-5-4-6-21(30(20)24(34)12-18)28(38)29-19(14-31)13-25(35)36/h9-10,12,14,19-21H,4-8,11,13H2,1-3H3,(H,29,38)(H,35,36)/t19-,20?,21-/m0/s1. The first-order chi connectivity index (χ1) is 17.9. The Kier molecular flexibility index (Phi) is 9.08. The van der Waals surface area contributed by atoms with Crippen molar-refractivity contribution in [2.75, 3.05) is 0 Å². The fourth-order valence-corrected chi connectivity index (χ4v) is 5.36. The van der Waals surface area contributed by atoms with E-state index in [1.54, 1.807) is 13.8 Å². The molecule has 2 N–H and O–H groups in total. The molecule has 38 heavy (non-hydrogen) atoms. The quantitative estimate of drug-likeness (QED) is 0.282. The first-order valence-corrected chi connectivity index (χ1v) is 12.6. The molecule has 1 unspecified atom stereocenters. The molecule has 3 rings (SSSR count). The predicted molar refractivity (Wildman–Crippen MR) is 135 cm³/mol. The summed E-state index contributed by atoms with van der Waals surface area (Å²) in [6.07, 6.45) is 1.85. The summed E-state index contributed by atoms with van der Waals surface area (Å²) in [4.78, 5) is 88.6. The molecule has 2 heterocycles. The number of hydrogen-bond acceptors (Lipinski definition) is 7. The Labute approximate surface area is 220 Å². The summed E-state index contributed by atoms with van der Waals surface area (Å²) in [5, 5.41) is 11.3. The van der Waals surface area contributed by atoms with Gasteiger partial charge in [0.25, 0.3) is 0 Å². The van der Waals surface area contributed by atoms with E-state index in [-0.39, 0.29) is 31.5 Å². The topological polar surface area (TPSA) is 155 Å². The van der Waals surface area contributed by atoms with Crippen LogP contribution in [-0.2, 0) is 28.8 Å². The molecule has 10 nitrogen and oxygen atoms in total. The maximum Gasteiger partial charge on any atom is 0.305 e. The maximum atomic E-state index is 13.3. The number of nitrogens with zero attached hydrogens (tertiary/aromatic N) is 1. The Hall–Kier alpha value is -3.95. The molecular weight excluding hydrogens is 492 g/mol. The second-order valence-electron chi connectivity index (χ2n) is 10.0. The number of Topliss-reactive ketones (excluding diaryl/α,β-unsaturated/α-hetero) is 3. The molecule has 202 valence electrons. The van der Waals surface area contributed by atoms with Crippen molar-refractivity contribution in [1.82, 2.24) is 10.2 Å². The van der Waals surface area contributed by atoms with Crippen LogP contribution in [0.3, 0.4) is 0 Å². The highest BCUT2D eigenvalue weighted by Crippen LogP contribution is 2.29. The summed E-state index contributed by atoms with van der Waals surface area (Å²) in [6, 6.07) is 0.446. The Bertz CT molecular complexity index is 1210. The molecule has 0 aliphatic carbocycles. The van der Waals surface area contributed by atoms with Crippen molar-refractivity contribution in [3.8, 4) is 0 Å². The monoisotopic (exact) mass is 524 g/mol. The lowest BCUT2D eigenvalue weighted by Crippen LogP contribution is -2.59. The Balaban J connectivity index is 1.84. The number of carbonyl (C=O) groups is 7. The van der Waals surface area contributed by atoms with E-state index in [0.29, 0.717) is 41.4 Å². The van der Waals surface area contributed by atoms with Crippen LogP contribution < -0.4 is 5.32 Å². The highest BCUT2D eigenvalue weighted by atomic mass is 16.4. The number of hydrogen-bond donors (Lipinski definition) is 2. The third-order valence-corrected chi connectivity index (χ3v) is 7.01. The van der Waals surface area contributed by atoms with Crippen molar-refractivity contribution in [2.45, 2.75) is 83.8 Å². The van der Waals surface area contributed by atoms with Gasteiger partial charge in [-0.2, -0.15) is 0 Å². The molecule has 1 aromatic rings. The number of allylic oxidation sites excluding steroid dienone is 1. The van der Waals surface area contributed by atoms with Crippen molar-refractivity contribution < 1.29 is 38.7 Å². The Morgan fingerprint density at radius 1 is 1.08 bits per heavy atom. The van der Waals surface area contributed by atoms with Gasteiger partial charge >= 0.3 is 5.97 Å². The van der Waals surface area contributed by atoms with Crippen LogP contribution in [0.2, 0.25) is 0 Å². The van der Waals surface area contributed by atoms with Gasteiger partial charge in [-0.05, 0) is 57.6 Å². The van der Waals surface area contributed by atoms with Crippen LogP contribution >= 0.6 is 0 Å². The summed E-state index contributed by atoms with van der Waals surface area (Å²) >= 11 is 0. The van der Waals surface area contributed by atoms with Gasteiger partial charge in [0.05, 0.1) is 18.5 Å². The molecule has 1 saturated heterocycles. The third kappa shape index (κ3) is 6.48. The normalized spacial score (nSPS) is 20.4. The molecular formula is C28H32N2O8. The molecule has 2 amide bonds. The molecule has 2 aliphatic rings. The average Bonchev–Trinajstić information content (AvgIpc) is 2.84. The van der Waals surface area contributed by atoms with Crippen LogP contribution in [0.1, 0.15) is 72.0 Å². The van der Waals surface area contributed by atoms with E-state index in [1.807, 2.05) is 19.1 Å². The first-order valence-electron chi connectivity index (χ1n) is 12.6. The van der Waals surface area contributed by atoms with Crippen LogP contribution in [0.5, 0.6) is 0 Å². The molecule has 1 fully saturated rings. The van der Waals surface area contributed by atoms with E-state index in [0.717, 1.165) is 5.56 Å². The summed E-state index contributed by atoms with van der Waals surface area (Å²) in [5.41, 5.74) is 2.98. The summed E-state index contributed by atoms with van der Waals surface area (Å²) in [6.45, 7) is 5.40. The van der Waals surface area contributed by atoms with E-state index in [2.05, 4.69) is 5.32 Å². The smallest absolute Gasteiger partial charge is 0.305 e. The van der Waals surface area contributed by atoms with Crippen molar-refractivity contribution in [1.29, 1.82) is 0 Å². The van der Waals surface area contributed by atoms with Gasteiger partial charge in [0.2, 0.25) is 23.4 Å². The Morgan fingerprint density at radius 3 is 2.34 bits per heavy atom. The van der Waals surface area contributed by atoms with Crippen molar-refractivity contribution in [3.63, 3.8) is 0 Å². The van der Waals surface area contributed by atoms with Gasteiger partial charge < -0.3 is 20.1 Å². The van der Waals surface area contributed by atoms with E-state index in [4.69, 9.17) is 5.11 Å². The van der Waals surface area contributed by atoms with Gasteiger partial charge in [-0.3, -0.25) is 28.8 Å². The molecule has 10 heteroatoms. The van der Waals surface area contributed by atoms with Gasteiger partial charge in [-0.25, -0.2) is 0 Å². The second-order valence-corrected chi connectivity index (χ2v) is 10.0. The fraction of sp³-hybridized carbons (Fsp3) is 0.464. The summed E-state index contributed by atoms with van der Waals surface area (Å²) in [7, 11) is 0. The van der Waals surface area contributed by atoms with E-state index in [9.17, 15) is 33.6 Å². The molecule has 0 radical (unpaired) electrons. The zero-order chi connectivity index (χ0) is 28.1. The van der Waals surface area contributed by atoms with Crippen LogP contribution in [0, 0.1) is 20.8 Å². The molecule has 1 aromatic carbocycles. The Morgan fingerprint density at radius 2 is 1.74 bits per heavy atom. The van der Waals surface area contributed by atoms with Crippen LogP contribution in [0.25, 0.3) is 0 Å². The molecule has 0 aromatic heterocycles. The number of aldehydes is 1. The van der Waals surface area contributed by atoms with Gasteiger partial charge in [0.15, 0.2) is 5.78 Å². The van der Waals surface area contributed by atoms with E-state index in [1.165, 1.54) is 11.0 Å². The van der Waals surface area contributed by atoms with Crippen LogP contribution in [-0.4, -0.2) is 69.6 Å².